The number of aryl methyl sites for hydroxylation is 1. The lowest BCUT2D eigenvalue weighted by molar-refractivity contribution is 0.0192. The molecular formula is C17H25FO. The first-order valence-corrected chi connectivity index (χ1v) is 7.53. The van der Waals surface area contributed by atoms with Gasteiger partial charge in [0.1, 0.15) is 5.82 Å². The van der Waals surface area contributed by atoms with Crippen LogP contribution < -0.4 is 0 Å². The van der Waals surface area contributed by atoms with Crippen LogP contribution in [0.2, 0.25) is 0 Å². The second-order valence-corrected chi connectivity index (χ2v) is 6.13. The average molecular weight is 264 g/mol. The van der Waals surface area contributed by atoms with E-state index in [1.54, 1.807) is 0 Å². The Kier molecular flexibility index (Phi) is 4.62. The third kappa shape index (κ3) is 3.56. The minimum atomic E-state index is -0.824. The van der Waals surface area contributed by atoms with Crippen LogP contribution in [0.25, 0.3) is 0 Å². The molecule has 2 atom stereocenters. The third-order valence-corrected chi connectivity index (χ3v) is 4.45. The van der Waals surface area contributed by atoms with Gasteiger partial charge in [-0.3, -0.25) is 0 Å². The summed E-state index contributed by atoms with van der Waals surface area (Å²) in [5.41, 5.74) is 0.829. The highest BCUT2D eigenvalue weighted by Gasteiger charge is 2.32. The third-order valence-electron chi connectivity index (χ3n) is 4.45. The van der Waals surface area contributed by atoms with E-state index < -0.39 is 5.60 Å². The molecule has 0 heterocycles. The summed E-state index contributed by atoms with van der Waals surface area (Å²) in [6.07, 6.45) is 7.28. The Bertz CT molecular complexity index is 409. The Morgan fingerprint density at radius 2 is 2.05 bits per heavy atom. The standard InChI is InChI=1S/C17H25FO/c1-3-5-14-6-4-8-17(19,9-7-14)15-10-13(2)11-16(18)12-15/h10-12,14,19H,3-9H2,1-2H3. The Balaban J connectivity index is 2.17. The number of aliphatic hydroxyl groups is 1. The number of halogens is 1. The molecule has 0 aliphatic heterocycles. The van der Waals surface area contributed by atoms with Crippen molar-refractivity contribution >= 4 is 0 Å². The van der Waals surface area contributed by atoms with Gasteiger partial charge in [-0.1, -0.05) is 32.3 Å². The van der Waals surface area contributed by atoms with E-state index >= 15 is 0 Å². The molecule has 106 valence electrons. The van der Waals surface area contributed by atoms with Crippen LogP contribution in [0.3, 0.4) is 0 Å². The van der Waals surface area contributed by atoms with Crippen LogP contribution in [-0.4, -0.2) is 5.11 Å². The lowest BCUT2D eigenvalue weighted by Gasteiger charge is -2.28. The van der Waals surface area contributed by atoms with E-state index in [2.05, 4.69) is 6.92 Å². The minimum Gasteiger partial charge on any atom is -0.385 e. The van der Waals surface area contributed by atoms with Gasteiger partial charge >= 0.3 is 0 Å². The van der Waals surface area contributed by atoms with E-state index in [0.29, 0.717) is 0 Å². The average Bonchev–Trinajstić information content (AvgIpc) is 2.52. The van der Waals surface area contributed by atoms with Crippen molar-refractivity contribution in [1.82, 2.24) is 0 Å². The smallest absolute Gasteiger partial charge is 0.123 e. The topological polar surface area (TPSA) is 20.2 Å². The first kappa shape index (κ1) is 14.5. The fourth-order valence-electron chi connectivity index (χ4n) is 3.39. The molecule has 19 heavy (non-hydrogen) atoms. The van der Waals surface area contributed by atoms with Gasteiger partial charge in [-0.2, -0.15) is 0 Å². The van der Waals surface area contributed by atoms with Gasteiger partial charge in [0.15, 0.2) is 0 Å². The second-order valence-electron chi connectivity index (χ2n) is 6.13. The van der Waals surface area contributed by atoms with Crippen LogP contribution in [0.5, 0.6) is 0 Å². The summed E-state index contributed by atoms with van der Waals surface area (Å²) in [6, 6.07) is 4.96. The number of benzene rings is 1. The van der Waals surface area contributed by atoms with Gasteiger partial charge in [0.05, 0.1) is 5.60 Å². The molecular weight excluding hydrogens is 239 g/mol. The van der Waals surface area contributed by atoms with E-state index in [9.17, 15) is 9.50 Å². The lowest BCUT2D eigenvalue weighted by Crippen LogP contribution is -2.25. The van der Waals surface area contributed by atoms with Crippen molar-refractivity contribution in [3.8, 4) is 0 Å². The quantitative estimate of drug-likeness (QED) is 0.784. The highest BCUT2D eigenvalue weighted by atomic mass is 19.1. The Labute approximate surface area is 115 Å². The maximum atomic E-state index is 13.5. The van der Waals surface area contributed by atoms with Gasteiger partial charge in [-0.05, 0) is 61.8 Å². The summed E-state index contributed by atoms with van der Waals surface area (Å²) in [5, 5.41) is 10.9. The summed E-state index contributed by atoms with van der Waals surface area (Å²) in [4.78, 5) is 0. The van der Waals surface area contributed by atoms with Crippen LogP contribution in [0.15, 0.2) is 18.2 Å². The summed E-state index contributed by atoms with van der Waals surface area (Å²) < 4.78 is 13.5. The van der Waals surface area contributed by atoms with Crippen molar-refractivity contribution in [1.29, 1.82) is 0 Å². The zero-order valence-corrected chi connectivity index (χ0v) is 12.1. The van der Waals surface area contributed by atoms with Crippen LogP contribution in [0.4, 0.5) is 4.39 Å². The van der Waals surface area contributed by atoms with Crippen LogP contribution in [0.1, 0.15) is 63.0 Å². The molecule has 1 fully saturated rings. The predicted octanol–water partition coefficient (Wildman–Crippen LogP) is 4.70. The predicted molar refractivity (Wildman–Crippen MR) is 76.5 cm³/mol. The SMILES string of the molecule is CCCC1CCCC(O)(c2cc(C)cc(F)c2)CC1. The molecule has 2 heteroatoms. The van der Waals surface area contributed by atoms with Gasteiger partial charge in [-0.15, -0.1) is 0 Å². The molecule has 0 radical (unpaired) electrons. The van der Waals surface area contributed by atoms with Crippen LogP contribution in [0, 0.1) is 18.7 Å². The van der Waals surface area contributed by atoms with Crippen molar-refractivity contribution in [3.63, 3.8) is 0 Å². The van der Waals surface area contributed by atoms with E-state index in [1.807, 2.05) is 13.0 Å². The molecule has 1 aromatic carbocycles. The summed E-state index contributed by atoms with van der Waals surface area (Å²) in [6.45, 7) is 4.10. The van der Waals surface area contributed by atoms with Crippen molar-refractivity contribution in [2.75, 3.05) is 0 Å². The summed E-state index contributed by atoms with van der Waals surface area (Å²) in [7, 11) is 0. The number of hydrogen-bond donors (Lipinski definition) is 1. The van der Waals surface area contributed by atoms with E-state index in [1.165, 1.54) is 31.4 Å². The summed E-state index contributed by atoms with van der Waals surface area (Å²) in [5.74, 6) is 0.492. The summed E-state index contributed by atoms with van der Waals surface area (Å²) >= 11 is 0. The molecule has 0 saturated heterocycles. The number of rotatable bonds is 3. The van der Waals surface area contributed by atoms with Crippen LogP contribution in [-0.2, 0) is 5.60 Å². The first-order valence-electron chi connectivity index (χ1n) is 7.53. The zero-order chi connectivity index (χ0) is 13.9. The normalized spacial score (nSPS) is 28.1. The Hall–Kier alpha value is -0.890. The first-order chi connectivity index (χ1) is 9.03. The van der Waals surface area contributed by atoms with Gasteiger partial charge in [0.2, 0.25) is 0 Å². The maximum Gasteiger partial charge on any atom is 0.123 e. The molecule has 1 aromatic rings. The minimum absolute atomic E-state index is 0.238. The second kappa shape index (κ2) is 6.04. The fraction of sp³-hybridized carbons (Fsp3) is 0.647. The molecule has 1 saturated carbocycles. The monoisotopic (exact) mass is 264 g/mol. The fourth-order valence-corrected chi connectivity index (χ4v) is 3.39. The number of hydrogen-bond acceptors (Lipinski definition) is 1. The Morgan fingerprint density at radius 1 is 1.26 bits per heavy atom. The van der Waals surface area contributed by atoms with E-state index in [4.69, 9.17) is 0 Å². The van der Waals surface area contributed by atoms with Gasteiger partial charge < -0.3 is 5.11 Å². The molecule has 0 amide bonds. The van der Waals surface area contributed by atoms with E-state index in [0.717, 1.165) is 42.7 Å². The molecule has 1 aliphatic rings. The van der Waals surface area contributed by atoms with Crippen molar-refractivity contribution in [2.24, 2.45) is 5.92 Å². The Morgan fingerprint density at radius 3 is 2.74 bits per heavy atom. The van der Waals surface area contributed by atoms with E-state index in [-0.39, 0.29) is 5.82 Å². The highest BCUT2D eigenvalue weighted by molar-refractivity contribution is 5.28. The molecule has 0 bridgehead atoms. The molecule has 2 rings (SSSR count). The molecule has 1 nitrogen and oxygen atoms in total. The molecule has 1 N–H and O–H groups in total. The molecule has 1 aliphatic carbocycles. The van der Waals surface area contributed by atoms with Crippen molar-refractivity contribution in [3.05, 3.63) is 35.1 Å². The zero-order valence-electron chi connectivity index (χ0n) is 12.1. The highest BCUT2D eigenvalue weighted by Crippen LogP contribution is 2.39. The van der Waals surface area contributed by atoms with Crippen molar-refractivity contribution in [2.45, 2.75) is 64.4 Å². The largest absolute Gasteiger partial charge is 0.385 e. The van der Waals surface area contributed by atoms with Crippen LogP contribution >= 0.6 is 0 Å². The lowest BCUT2D eigenvalue weighted by atomic mass is 9.85. The van der Waals surface area contributed by atoms with Gasteiger partial charge in [0.25, 0.3) is 0 Å². The van der Waals surface area contributed by atoms with Gasteiger partial charge in [0, 0.05) is 0 Å². The van der Waals surface area contributed by atoms with Crippen molar-refractivity contribution < 1.29 is 9.50 Å². The van der Waals surface area contributed by atoms with Gasteiger partial charge in [-0.25, -0.2) is 4.39 Å². The maximum absolute atomic E-state index is 13.5. The molecule has 0 spiro atoms. The molecule has 2 unspecified atom stereocenters. The molecule has 0 aromatic heterocycles.